The number of nitrogens with two attached hydrogens (primary N) is 2. The predicted molar refractivity (Wildman–Crippen MR) is 101 cm³/mol. The van der Waals surface area contributed by atoms with Crippen LogP contribution in [0.1, 0.15) is 6.42 Å². The van der Waals surface area contributed by atoms with Crippen molar-refractivity contribution in [3.05, 3.63) is 48.2 Å². The van der Waals surface area contributed by atoms with Crippen LogP contribution in [0.5, 0.6) is 5.75 Å². The van der Waals surface area contributed by atoms with Crippen LogP contribution < -0.4 is 21.5 Å². The number of esters is 1. The fourth-order valence-electron chi connectivity index (χ4n) is 2.25. The van der Waals surface area contributed by atoms with Crippen LogP contribution in [0.15, 0.2) is 58.5 Å². The number of nitrogens with one attached hydrogen (secondary N) is 1. The average molecular weight is 382 g/mol. The van der Waals surface area contributed by atoms with E-state index in [-0.39, 0.29) is 43.1 Å². The first-order chi connectivity index (χ1) is 13.5. The molecule has 2 heterocycles. The number of carbonyl (C=O) groups excluding carboxylic acids is 2. The van der Waals surface area contributed by atoms with Gasteiger partial charge in [-0.25, -0.2) is 4.98 Å². The number of azo groups is 1. The number of para-hydroxylation sites is 1. The van der Waals surface area contributed by atoms with Crippen molar-refractivity contribution in [1.29, 1.82) is 0 Å². The molecular formula is C18H18N6O4. The molecule has 0 unspecified atom stereocenters. The largest absolute Gasteiger partial charge is 0.483 e. The lowest BCUT2D eigenvalue weighted by atomic mass is 10.3. The smallest absolute Gasteiger partial charge is 0.314 e. The first kappa shape index (κ1) is 19.0. The first-order valence-corrected chi connectivity index (χ1v) is 8.35. The minimum Gasteiger partial charge on any atom is -0.483 e. The normalized spacial score (nSPS) is 13.3. The van der Waals surface area contributed by atoms with E-state index in [1.807, 2.05) is 0 Å². The number of rotatable bonds is 7. The molecule has 0 radical (unpaired) electrons. The lowest BCUT2D eigenvalue weighted by Crippen LogP contribution is -2.22. The summed E-state index contributed by atoms with van der Waals surface area (Å²) in [5, 5.41) is 10.7. The van der Waals surface area contributed by atoms with E-state index < -0.39 is 0 Å². The second-order valence-electron chi connectivity index (χ2n) is 5.66. The molecule has 0 atom stereocenters. The molecule has 144 valence electrons. The van der Waals surface area contributed by atoms with Gasteiger partial charge in [0.15, 0.2) is 5.82 Å². The molecule has 28 heavy (non-hydrogen) atoms. The summed E-state index contributed by atoms with van der Waals surface area (Å²) < 4.78 is 10.7. The molecular weight excluding hydrogens is 364 g/mol. The predicted octanol–water partition coefficient (Wildman–Crippen LogP) is 2.19. The SMILES string of the molecule is NCC(=O)Nc1ccc(N=Nc2ccccc2OCC2=CCC(=O)O2)c(N)n1. The van der Waals surface area contributed by atoms with Gasteiger partial charge < -0.3 is 26.3 Å². The summed E-state index contributed by atoms with van der Waals surface area (Å²) in [6.07, 6.45) is 1.91. The number of benzene rings is 1. The molecule has 0 bridgehead atoms. The van der Waals surface area contributed by atoms with Gasteiger partial charge in [-0.3, -0.25) is 9.59 Å². The lowest BCUT2D eigenvalue weighted by molar-refractivity contribution is -0.137. The van der Waals surface area contributed by atoms with Crippen LogP contribution in [0.25, 0.3) is 0 Å². The van der Waals surface area contributed by atoms with Gasteiger partial charge in [-0.2, -0.15) is 0 Å². The third-order valence-corrected chi connectivity index (χ3v) is 3.60. The Labute approximate surface area is 160 Å². The van der Waals surface area contributed by atoms with Crippen molar-refractivity contribution in [3.8, 4) is 5.75 Å². The zero-order valence-electron chi connectivity index (χ0n) is 14.8. The molecule has 3 rings (SSSR count). The number of hydrogen-bond donors (Lipinski definition) is 3. The van der Waals surface area contributed by atoms with Gasteiger partial charge in [-0.05, 0) is 30.3 Å². The quantitative estimate of drug-likeness (QED) is 0.490. The number of anilines is 2. The third-order valence-electron chi connectivity index (χ3n) is 3.60. The van der Waals surface area contributed by atoms with Crippen molar-refractivity contribution in [2.75, 3.05) is 24.2 Å². The Morgan fingerprint density at radius 1 is 1.21 bits per heavy atom. The number of carbonyl (C=O) groups is 2. The number of nitrogens with zero attached hydrogens (tertiary/aromatic N) is 3. The van der Waals surface area contributed by atoms with Gasteiger partial charge in [0.25, 0.3) is 0 Å². The fraction of sp³-hybridized carbons (Fsp3) is 0.167. The van der Waals surface area contributed by atoms with E-state index >= 15 is 0 Å². The number of amides is 1. The lowest BCUT2D eigenvalue weighted by Gasteiger charge is -2.08. The van der Waals surface area contributed by atoms with E-state index in [0.717, 1.165) is 0 Å². The van der Waals surface area contributed by atoms with Crippen LogP contribution >= 0.6 is 0 Å². The summed E-state index contributed by atoms with van der Waals surface area (Å²) in [4.78, 5) is 26.4. The van der Waals surface area contributed by atoms with Crippen LogP contribution in [0.4, 0.5) is 23.0 Å². The summed E-state index contributed by atoms with van der Waals surface area (Å²) in [6, 6.07) is 10.1. The van der Waals surface area contributed by atoms with Gasteiger partial charge in [0, 0.05) is 0 Å². The van der Waals surface area contributed by atoms with Gasteiger partial charge in [-0.15, -0.1) is 10.2 Å². The maximum absolute atomic E-state index is 11.3. The summed E-state index contributed by atoms with van der Waals surface area (Å²) in [7, 11) is 0. The Balaban J connectivity index is 1.70. The van der Waals surface area contributed by atoms with E-state index in [9.17, 15) is 9.59 Å². The zero-order chi connectivity index (χ0) is 19.9. The van der Waals surface area contributed by atoms with Crippen LogP contribution in [0.3, 0.4) is 0 Å². The average Bonchev–Trinajstić information content (AvgIpc) is 3.11. The molecule has 0 saturated carbocycles. The number of cyclic esters (lactones) is 1. The van der Waals surface area contributed by atoms with Gasteiger partial charge in [0.2, 0.25) is 5.91 Å². The summed E-state index contributed by atoms with van der Waals surface area (Å²) in [5.74, 6) is 0.611. The molecule has 0 spiro atoms. The minimum atomic E-state index is -0.379. The highest BCUT2D eigenvalue weighted by Gasteiger charge is 2.15. The Bertz CT molecular complexity index is 957. The molecule has 10 nitrogen and oxygen atoms in total. The molecule has 0 fully saturated rings. The second-order valence-corrected chi connectivity index (χ2v) is 5.66. The molecule has 1 aromatic heterocycles. The Morgan fingerprint density at radius 2 is 2.00 bits per heavy atom. The van der Waals surface area contributed by atoms with Crippen molar-refractivity contribution in [1.82, 2.24) is 4.98 Å². The van der Waals surface area contributed by atoms with Crippen molar-refractivity contribution in [3.63, 3.8) is 0 Å². The molecule has 5 N–H and O–H groups in total. The maximum Gasteiger partial charge on any atom is 0.314 e. The number of aromatic nitrogens is 1. The van der Waals surface area contributed by atoms with Crippen molar-refractivity contribution in [2.24, 2.45) is 16.0 Å². The Hall–Kier alpha value is -3.79. The van der Waals surface area contributed by atoms with E-state index in [1.165, 1.54) is 0 Å². The number of nitrogen functional groups attached to an aromatic ring is 1. The molecule has 0 saturated heterocycles. The molecule has 1 aliphatic rings. The van der Waals surface area contributed by atoms with Gasteiger partial charge in [-0.1, -0.05) is 12.1 Å². The van der Waals surface area contributed by atoms with Gasteiger partial charge in [0.1, 0.15) is 35.3 Å². The number of hydrogen-bond acceptors (Lipinski definition) is 9. The summed E-state index contributed by atoms with van der Waals surface area (Å²) in [5.41, 5.74) is 11.9. The van der Waals surface area contributed by atoms with Crippen LogP contribution in [0.2, 0.25) is 0 Å². The first-order valence-electron chi connectivity index (χ1n) is 8.35. The topological polar surface area (TPSA) is 154 Å². The summed E-state index contributed by atoms with van der Waals surface area (Å²) >= 11 is 0. The highest BCUT2D eigenvalue weighted by atomic mass is 16.6. The number of ether oxygens (including phenoxy) is 2. The maximum atomic E-state index is 11.3. The van der Waals surface area contributed by atoms with E-state index in [0.29, 0.717) is 22.9 Å². The van der Waals surface area contributed by atoms with Crippen molar-refractivity contribution < 1.29 is 19.1 Å². The standard InChI is InChI=1S/C18H18N6O4/c19-9-16(25)21-15-7-6-13(18(20)22-15)24-23-12-3-1-2-4-14(12)27-10-11-5-8-17(26)28-11/h1-7H,8-10,19H2,(H3,20,21,22,25). The molecule has 2 aromatic rings. The Morgan fingerprint density at radius 3 is 2.71 bits per heavy atom. The Kier molecular flexibility index (Phi) is 5.92. The van der Waals surface area contributed by atoms with Crippen LogP contribution in [-0.4, -0.2) is 30.0 Å². The van der Waals surface area contributed by atoms with Crippen molar-refractivity contribution in [2.45, 2.75) is 6.42 Å². The molecule has 1 amide bonds. The number of pyridine rings is 1. The third kappa shape index (κ3) is 4.89. The molecule has 1 aromatic carbocycles. The molecule has 10 heteroatoms. The van der Waals surface area contributed by atoms with E-state index in [1.54, 1.807) is 42.5 Å². The zero-order valence-corrected chi connectivity index (χ0v) is 14.8. The second kappa shape index (κ2) is 8.73. The summed E-state index contributed by atoms with van der Waals surface area (Å²) in [6.45, 7) is -0.0482. The minimum absolute atomic E-state index is 0.0972. The van der Waals surface area contributed by atoms with E-state index in [2.05, 4.69) is 20.5 Å². The highest BCUT2D eigenvalue weighted by molar-refractivity contribution is 5.91. The van der Waals surface area contributed by atoms with Crippen molar-refractivity contribution >= 4 is 34.9 Å². The van der Waals surface area contributed by atoms with Crippen LogP contribution in [0, 0.1) is 0 Å². The highest BCUT2D eigenvalue weighted by Crippen LogP contribution is 2.31. The fourth-order valence-corrected chi connectivity index (χ4v) is 2.25. The van der Waals surface area contributed by atoms with Gasteiger partial charge >= 0.3 is 5.97 Å². The molecule has 0 aliphatic carbocycles. The molecule has 1 aliphatic heterocycles. The van der Waals surface area contributed by atoms with Crippen LogP contribution in [-0.2, 0) is 14.3 Å². The monoisotopic (exact) mass is 382 g/mol. The van der Waals surface area contributed by atoms with Gasteiger partial charge in [0.05, 0.1) is 13.0 Å². The van der Waals surface area contributed by atoms with E-state index in [4.69, 9.17) is 20.9 Å².